The van der Waals surface area contributed by atoms with Gasteiger partial charge < -0.3 is 15.4 Å². The molecule has 1 aromatic carbocycles. The summed E-state index contributed by atoms with van der Waals surface area (Å²) in [6.07, 6.45) is -0.0981. The zero-order chi connectivity index (χ0) is 16.3. The van der Waals surface area contributed by atoms with Gasteiger partial charge in [0.15, 0.2) is 0 Å². The Morgan fingerprint density at radius 2 is 2.09 bits per heavy atom. The first-order valence-electron chi connectivity index (χ1n) is 7.39. The van der Waals surface area contributed by atoms with Crippen molar-refractivity contribution in [1.29, 1.82) is 0 Å². The summed E-state index contributed by atoms with van der Waals surface area (Å²) in [5.74, 6) is 0.177. The molecule has 22 heavy (non-hydrogen) atoms. The van der Waals surface area contributed by atoms with Crippen molar-refractivity contribution in [3.8, 4) is 0 Å². The molecule has 1 atom stereocenters. The van der Waals surface area contributed by atoms with Gasteiger partial charge in [0.2, 0.25) is 5.91 Å². The van der Waals surface area contributed by atoms with Crippen LogP contribution in [0.5, 0.6) is 0 Å². The molecule has 6 nitrogen and oxygen atoms in total. The molecule has 1 unspecified atom stereocenters. The number of hydrogen-bond donors (Lipinski definition) is 2. The third-order valence-electron chi connectivity index (χ3n) is 3.37. The second-order valence-corrected chi connectivity index (χ2v) is 6.45. The van der Waals surface area contributed by atoms with Gasteiger partial charge in [-0.2, -0.15) is 0 Å². The van der Waals surface area contributed by atoms with E-state index in [4.69, 9.17) is 10.5 Å². The van der Waals surface area contributed by atoms with Crippen molar-refractivity contribution >= 4 is 23.4 Å². The highest BCUT2D eigenvalue weighted by atomic mass is 16.6. The number of rotatable bonds is 3. The van der Waals surface area contributed by atoms with Crippen LogP contribution in [0.3, 0.4) is 0 Å². The van der Waals surface area contributed by atoms with Gasteiger partial charge in [0.05, 0.1) is 11.4 Å². The van der Waals surface area contributed by atoms with Gasteiger partial charge >= 0.3 is 6.09 Å². The number of para-hydroxylation sites is 2. The average molecular weight is 305 g/mol. The van der Waals surface area contributed by atoms with Crippen LogP contribution in [0.4, 0.5) is 16.2 Å². The van der Waals surface area contributed by atoms with E-state index in [1.165, 1.54) is 0 Å². The molecule has 2 rings (SSSR count). The number of benzene rings is 1. The van der Waals surface area contributed by atoms with Crippen molar-refractivity contribution in [2.24, 2.45) is 11.7 Å². The lowest BCUT2D eigenvalue weighted by Gasteiger charge is -2.23. The SMILES string of the molecule is CC(C)(C)OC(=O)Nc1ccccc1N1CC(CN)CC1=O. The molecule has 0 saturated carbocycles. The average Bonchev–Trinajstić information content (AvgIpc) is 2.78. The standard InChI is InChI=1S/C16H23N3O3/c1-16(2,3)22-15(21)18-12-6-4-5-7-13(12)19-10-11(9-17)8-14(19)20/h4-7,11H,8-10,17H2,1-3H3,(H,18,21). The minimum Gasteiger partial charge on any atom is -0.444 e. The maximum Gasteiger partial charge on any atom is 0.412 e. The molecule has 1 aliphatic rings. The van der Waals surface area contributed by atoms with E-state index < -0.39 is 11.7 Å². The molecule has 0 aromatic heterocycles. The monoisotopic (exact) mass is 305 g/mol. The molecule has 1 aromatic rings. The summed E-state index contributed by atoms with van der Waals surface area (Å²) in [6.45, 7) is 6.45. The smallest absolute Gasteiger partial charge is 0.412 e. The van der Waals surface area contributed by atoms with Gasteiger partial charge in [-0.05, 0) is 45.4 Å². The molecular weight excluding hydrogens is 282 g/mol. The fourth-order valence-corrected chi connectivity index (χ4v) is 2.40. The molecule has 3 N–H and O–H groups in total. The van der Waals surface area contributed by atoms with Gasteiger partial charge in [-0.15, -0.1) is 0 Å². The Bertz CT molecular complexity index is 566. The van der Waals surface area contributed by atoms with Gasteiger partial charge in [0.1, 0.15) is 5.60 Å². The van der Waals surface area contributed by atoms with Crippen LogP contribution in [-0.2, 0) is 9.53 Å². The Balaban J connectivity index is 2.17. The highest BCUT2D eigenvalue weighted by Crippen LogP contribution is 2.31. The molecule has 1 fully saturated rings. The minimum absolute atomic E-state index is 0.0221. The van der Waals surface area contributed by atoms with Gasteiger partial charge in [-0.25, -0.2) is 4.79 Å². The van der Waals surface area contributed by atoms with E-state index in [2.05, 4.69) is 5.32 Å². The van der Waals surface area contributed by atoms with Crippen LogP contribution in [-0.4, -0.2) is 30.7 Å². The second kappa shape index (κ2) is 6.36. The van der Waals surface area contributed by atoms with Crippen LogP contribution >= 0.6 is 0 Å². The van der Waals surface area contributed by atoms with Crippen molar-refractivity contribution in [3.05, 3.63) is 24.3 Å². The third-order valence-corrected chi connectivity index (χ3v) is 3.37. The number of anilines is 2. The summed E-state index contributed by atoms with van der Waals surface area (Å²) in [5, 5.41) is 2.71. The number of amides is 2. The highest BCUT2D eigenvalue weighted by molar-refractivity contribution is 6.01. The molecule has 2 amide bonds. The van der Waals surface area contributed by atoms with Crippen molar-refractivity contribution in [1.82, 2.24) is 0 Å². The molecule has 1 heterocycles. The number of carbonyl (C=O) groups excluding carboxylic acids is 2. The van der Waals surface area contributed by atoms with E-state index in [0.29, 0.717) is 30.9 Å². The van der Waals surface area contributed by atoms with Crippen molar-refractivity contribution in [2.45, 2.75) is 32.8 Å². The maximum absolute atomic E-state index is 12.1. The topological polar surface area (TPSA) is 84.7 Å². The quantitative estimate of drug-likeness (QED) is 0.897. The summed E-state index contributed by atoms with van der Waals surface area (Å²) >= 11 is 0. The zero-order valence-corrected chi connectivity index (χ0v) is 13.3. The molecular formula is C16H23N3O3. The van der Waals surface area contributed by atoms with Gasteiger partial charge in [-0.1, -0.05) is 12.1 Å². The van der Waals surface area contributed by atoms with E-state index in [9.17, 15) is 9.59 Å². The van der Waals surface area contributed by atoms with Crippen molar-refractivity contribution in [3.63, 3.8) is 0 Å². The first-order valence-corrected chi connectivity index (χ1v) is 7.39. The molecule has 0 spiro atoms. The number of carbonyl (C=O) groups is 2. The van der Waals surface area contributed by atoms with E-state index >= 15 is 0 Å². The van der Waals surface area contributed by atoms with Crippen LogP contribution in [0.2, 0.25) is 0 Å². The summed E-state index contributed by atoms with van der Waals surface area (Å²) in [6, 6.07) is 7.20. The third kappa shape index (κ3) is 3.98. The molecule has 1 aliphatic heterocycles. The normalized spacial score (nSPS) is 18.5. The first kappa shape index (κ1) is 16.3. The van der Waals surface area contributed by atoms with Gasteiger partial charge in [0.25, 0.3) is 0 Å². The molecule has 0 radical (unpaired) electrons. The number of ether oxygens (including phenoxy) is 1. The first-order chi connectivity index (χ1) is 10.3. The Labute approximate surface area is 130 Å². The maximum atomic E-state index is 12.1. The summed E-state index contributed by atoms with van der Waals surface area (Å²) < 4.78 is 5.25. The second-order valence-electron chi connectivity index (χ2n) is 6.45. The largest absolute Gasteiger partial charge is 0.444 e. The number of nitrogens with one attached hydrogen (secondary N) is 1. The Kier molecular flexibility index (Phi) is 4.71. The summed E-state index contributed by atoms with van der Waals surface area (Å²) in [5.41, 5.74) is 6.31. The van der Waals surface area contributed by atoms with E-state index in [1.54, 1.807) is 37.8 Å². The van der Waals surface area contributed by atoms with Gasteiger partial charge in [0, 0.05) is 13.0 Å². The Morgan fingerprint density at radius 1 is 1.41 bits per heavy atom. The lowest BCUT2D eigenvalue weighted by Crippen LogP contribution is -2.29. The lowest BCUT2D eigenvalue weighted by atomic mass is 10.1. The van der Waals surface area contributed by atoms with Crippen LogP contribution in [0.25, 0.3) is 0 Å². The molecule has 6 heteroatoms. The predicted octanol–water partition coefficient (Wildman–Crippen LogP) is 2.35. The number of nitrogens with two attached hydrogens (primary N) is 1. The van der Waals surface area contributed by atoms with Crippen molar-refractivity contribution in [2.75, 3.05) is 23.3 Å². The zero-order valence-electron chi connectivity index (χ0n) is 13.3. The molecule has 120 valence electrons. The minimum atomic E-state index is -0.576. The summed E-state index contributed by atoms with van der Waals surface area (Å²) in [4.78, 5) is 25.7. The number of hydrogen-bond acceptors (Lipinski definition) is 4. The predicted molar refractivity (Wildman–Crippen MR) is 85.8 cm³/mol. The lowest BCUT2D eigenvalue weighted by molar-refractivity contribution is -0.117. The van der Waals surface area contributed by atoms with Crippen LogP contribution < -0.4 is 16.0 Å². The Morgan fingerprint density at radius 3 is 2.68 bits per heavy atom. The van der Waals surface area contributed by atoms with Crippen molar-refractivity contribution < 1.29 is 14.3 Å². The fourth-order valence-electron chi connectivity index (χ4n) is 2.40. The molecule has 0 aliphatic carbocycles. The summed E-state index contributed by atoms with van der Waals surface area (Å²) in [7, 11) is 0. The van der Waals surface area contributed by atoms with Crippen LogP contribution in [0.15, 0.2) is 24.3 Å². The molecule has 1 saturated heterocycles. The van der Waals surface area contributed by atoms with E-state index in [1.807, 2.05) is 12.1 Å². The van der Waals surface area contributed by atoms with Crippen LogP contribution in [0.1, 0.15) is 27.2 Å². The highest BCUT2D eigenvalue weighted by Gasteiger charge is 2.31. The number of nitrogens with zero attached hydrogens (tertiary/aromatic N) is 1. The van der Waals surface area contributed by atoms with E-state index in [-0.39, 0.29) is 11.8 Å². The fraction of sp³-hybridized carbons (Fsp3) is 0.500. The van der Waals surface area contributed by atoms with E-state index in [0.717, 1.165) is 0 Å². The van der Waals surface area contributed by atoms with Crippen LogP contribution in [0, 0.1) is 5.92 Å². The van der Waals surface area contributed by atoms with Gasteiger partial charge in [-0.3, -0.25) is 10.1 Å². The Hall–Kier alpha value is -2.08. The molecule has 0 bridgehead atoms.